The molecule has 0 aliphatic rings. The average Bonchev–Trinajstić information content (AvgIpc) is 2.58. The summed E-state index contributed by atoms with van der Waals surface area (Å²) in [6, 6.07) is 14.5. The third-order valence-electron chi connectivity index (χ3n) is 4.25. The summed E-state index contributed by atoms with van der Waals surface area (Å²) in [4.78, 5) is 27.0. The van der Waals surface area contributed by atoms with Crippen LogP contribution in [-0.4, -0.2) is 24.9 Å². The summed E-state index contributed by atoms with van der Waals surface area (Å²) in [6.07, 6.45) is 0. The van der Waals surface area contributed by atoms with Crippen molar-refractivity contribution in [3.63, 3.8) is 0 Å². The van der Waals surface area contributed by atoms with Gasteiger partial charge in [-0.1, -0.05) is 43.7 Å². The topological polar surface area (TPSA) is 49.4 Å². The number of carbonyl (C=O) groups is 2. The van der Waals surface area contributed by atoms with Crippen LogP contribution < -0.4 is 10.2 Å². The highest BCUT2D eigenvalue weighted by Gasteiger charge is 2.28. The first-order valence-corrected chi connectivity index (χ1v) is 8.51. The van der Waals surface area contributed by atoms with E-state index in [0.29, 0.717) is 5.56 Å². The third-order valence-corrected chi connectivity index (χ3v) is 4.25. The van der Waals surface area contributed by atoms with E-state index in [1.807, 2.05) is 64.1 Å². The molecule has 0 saturated carbocycles. The van der Waals surface area contributed by atoms with Crippen LogP contribution in [-0.2, 0) is 4.79 Å². The lowest BCUT2D eigenvalue weighted by molar-refractivity contribution is -0.121. The van der Waals surface area contributed by atoms with Gasteiger partial charge in [-0.3, -0.25) is 9.59 Å². The Hall–Kier alpha value is -2.62. The van der Waals surface area contributed by atoms with Crippen LogP contribution in [0.5, 0.6) is 0 Å². The molecule has 1 N–H and O–H groups in total. The highest BCUT2D eigenvalue weighted by Crippen LogP contribution is 2.17. The number of benzene rings is 2. The van der Waals surface area contributed by atoms with E-state index < -0.39 is 6.04 Å². The van der Waals surface area contributed by atoms with E-state index >= 15 is 0 Å². The highest BCUT2D eigenvalue weighted by atomic mass is 16.2. The average molecular weight is 338 g/mol. The molecule has 0 aromatic heterocycles. The van der Waals surface area contributed by atoms with Gasteiger partial charge in [0.05, 0.1) is 0 Å². The first kappa shape index (κ1) is 18.7. The van der Waals surface area contributed by atoms with E-state index in [4.69, 9.17) is 0 Å². The Balaban J connectivity index is 2.17. The summed E-state index contributed by atoms with van der Waals surface area (Å²) < 4.78 is 0. The molecule has 1 atom stereocenters. The van der Waals surface area contributed by atoms with Gasteiger partial charge in [0.2, 0.25) is 5.91 Å². The van der Waals surface area contributed by atoms with Crippen LogP contribution in [0.3, 0.4) is 0 Å². The Morgan fingerprint density at radius 2 is 1.60 bits per heavy atom. The summed E-state index contributed by atoms with van der Waals surface area (Å²) in [5.41, 5.74) is 3.55. The van der Waals surface area contributed by atoms with Gasteiger partial charge in [-0.15, -0.1) is 0 Å². The second-order valence-corrected chi connectivity index (χ2v) is 6.80. The molecule has 0 aliphatic heterocycles. The zero-order chi connectivity index (χ0) is 18.6. The quantitative estimate of drug-likeness (QED) is 0.903. The van der Waals surface area contributed by atoms with Crippen molar-refractivity contribution >= 4 is 17.5 Å². The van der Waals surface area contributed by atoms with Gasteiger partial charge in [0.15, 0.2) is 0 Å². The molecule has 132 valence electrons. The molecule has 25 heavy (non-hydrogen) atoms. The first-order chi connectivity index (χ1) is 11.8. The number of carbonyl (C=O) groups excluding carboxylic acids is 2. The van der Waals surface area contributed by atoms with E-state index in [1.165, 1.54) is 0 Å². The molecule has 0 aliphatic carbocycles. The largest absolute Gasteiger partial charge is 0.340 e. The summed E-state index contributed by atoms with van der Waals surface area (Å²) in [6.45, 7) is 7.82. The van der Waals surface area contributed by atoms with Gasteiger partial charge in [-0.2, -0.15) is 0 Å². The molecule has 0 radical (unpaired) electrons. The number of hydrogen-bond donors (Lipinski definition) is 1. The molecule has 0 bridgehead atoms. The maximum absolute atomic E-state index is 12.9. The number of rotatable bonds is 5. The fraction of sp³-hybridized carbons (Fsp3) is 0.333. The highest BCUT2D eigenvalue weighted by molar-refractivity contribution is 6.02. The molecular weight excluding hydrogens is 312 g/mol. The predicted octanol–water partition coefficient (Wildman–Crippen LogP) is 3.72. The fourth-order valence-electron chi connectivity index (χ4n) is 2.62. The lowest BCUT2D eigenvalue weighted by Gasteiger charge is -2.27. The molecule has 0 fully saturated rings. The molecule has 2 amide bonds. The Labute approximate surface area is 149 Å². The number of hydrogen-bond acceptors (Lipinski definition) is 2. The van der Waals surface area contributed by atoms with Gasteiger partial charge >= 0.3 is 0 Å². The minimum Gasteiger partial charge on any atom is -0.340 e. The van der Waals surface area contributed by atoms with Crippen molar-refractivity contribution in [1.82, 2.24) is 5.32 Å². The predicted molar refractivity (Wildman–Crippen MR) is 102 cm³/mol. The van der Waals surface area contributed by atoms with Crippen LogP contribution in [0.15, 0.2) is 48.5 Å². The summed E-state index contributed by atoms with van der Waals surface area (Å²) >= 11 is 0. The molecule has 4 nitrogen and oxygen atoms in total. The summed E-state index contributed by atoms with van der Waals surface area (Å²) in [7, 11) is 1.74. The lowest BCUT2D eigenvalue weighted by atomic mass is 10.0. The first-order valence-electron chi connectivity index (χ1n) is 8.51. The molecule has 2 aromatic rings. The van der Waals surface area contributed by atoms with Crippen LogP contribution in [0.4, 0.5) is 5.69 Å². The van der Waals surface area contributed by atoms with E-state index in [1.54, 1.807) is 24.1 Å². The summed E-state index contributed by atoms with van der Waals surface area (Å²) in [5.74, 6) is -0.375. The maximum atomic E-state index is 12.9. The Kier molecular flexibility index (Phi) is 5.97. The number of anilines is 1. The molecule has 0 heterocycles. The lowest BCUT2D eigenvalue weighted by Crippen LogP contribution is -2.50. The standard InChI is InChI=1S/C21H26N2O2/c1-14(2)19(22-20(24)17-11-9-15(3)10-12-17)21(25)23(5)18-8-6-7-16(4)13-18/h6-14,19H,1-5H3,(H,22,24). The number of nitrogens with zero attached hydrogens (tertiary/aromatic N) is 1. The number of aryl methyl sites for hydroxylation is 2. The second-order valence-electron chi connectivity index (χ2n) is 6.80. The van der Waals surface area contributed by atoms with Crippen molar-refractivity contribution in [1.29, 1.82) is 0 Å². The van der Waals surface area contributed by atoms with Gasteiger partial charge in [0, 0.05) is 18.3 Å². The number of likely N-dealkylation sites (N-methyl/N-ethyl adjacent to an activating group) is 1. The Morgan fingerprint density at radius 3 is 2.16 bits per heavy atom. The zero-order valence-corrected chi connectivity index (χ0v) is 15.5. The fourth-order valence-corrected chi connectivity index (χ4v) is 2.62. The SMILES string of the molecule is Cc1ccc(C(=O)NC(C(=O)N(C)c2cccc(C)c2)C(C)C)cc1. The van der Waals surface area contributed by atoms with Gasteiger partial charge in [-0.25, -0.2) is 0 Å². The van der Waals surface area contributed by atoms with Crippen molar-refractivity contribution in [3.8, 4) is 0 Å². The minimum absolute atomic E-state index is 0.0193. The molecule has 1 unspecified atom stereocenters. The van der Waals surface area contributed by atoms with Gasteiger partial charge in [0.1, 0.15) is 6.04 Å². The van der Waals surface area contributed by atoms with Crippen molar-refractivity contribution in [2.75, 3.05) is 11.9 Å². The van der Waals surface area contributed by atoms with Crippen LogP contribution in [0.2, 0.25) is 0 Å². The summed E-state index contributed by atoms with van der Waals surface area (Å²) in [5, 5.41) is 2.89. The zero-order valence-electron chi connectivity index (χ0n) is 15.5. The number of nitrogens with one attached hydrogen (secondary N) is 1. The van der Waals surface area contributed by atoms with Gasteiger partial charge < -0.3 is 10.2 Å². The molecule has 2 aromatic carbocycles. The molecule has 2 rings (SSSR count). The van der Waals surface area contributed by atoms with Gasteiger partial charge in [0.25, 0.3) is 5.91 Å². The molecule has 0 spiro atoms. The third kappa shape index (κ3) is 4.69. The monoisotopic (exact) mass is 338 g/mol. The van der Waals surface area contributed by atoms with Crippen molar-refractivity contribution in [2.45, 2.75) is 33.7 Å². The maximum Gasteiger partial charge on any atom is 0.251 e. The van der Waals surface area contributed by atoms with E-state index in [-0.39, 0.29) is 17.7 Å². The van der Waals surface area contributed by atoms with E-state index in [9.17, 15) is 9.59 Å². The molecule has 4 heteroatoms. The van der Waals surface area contributed by atoms with Crippen LogP contribution in [0.1, 0.15) is 35.3 Å². The number of amides is 2. The van der Waals surface area contributed by atoms with Crippen molar-refractivity contribution in [3.05, 3.63) is 65.2 Å². The van der Waals surface area contributed by atoms with E-state index in [2.05, 4.69) is 5.32 Å². The molecule has 0 saturated heterocycles. The van der Waals surface area contributed by atoms with Crippen molar-refractivity contribution in [2.24, 2.45) is 5.92 Å². The second kappa shape index (κ2) is 7.97. The van der Waals surface area contributed by atoms with Crippen LogP contribution in [0.25, 0.3) is 0 Å². The van der Waals surface area contributed by atoms with E-state index in [0.717, 1.165) is 16.8 Å². The normalized spacial score (nSPS) is 11.9. The smallest absolute Gasteiger partial charge is 0.251 e. The Bertz CT molecular complexity index is 751. The van der Waals surface area contributed by atoms with Crippen molar-refractivity contribution < 1.29 is 9.59 Å². The van der Waals surface area contributed by atoms with Gasteiger partial charge in [-0.05, 0) is 49.6 Å². The Morgan fingerprint density at radius 1 is 0.960 bits per heavy atom. The minimum atomic E-state index is -0.584. The van der Waals surface area contributed by atoms with Crippen LogP contribution in [0, 0.1) is 19.8 Å². The van der Waals surface area contributed by atoms with Crippen LogP contribution >= 0.6 is 0 Å². The molecular formula is C21H26N2O2.